The second-order valence-electron chi connectivity index (χ2n) is 2.94. The van der Waals surface area contributed by atoms with Crippen LogP contribution in [-0.4, -0.2) is 38.0 Å². The molecule has 2 aromatic heterocycles. The van der Waals surface area contributed by atoms with Crippen LogP contribution in [0.1, 0.15) is 6.92 Å². The summed E-state index contributed by atoms with van der Waals surface area (Å²) < 4.78 is 6.88. The second kappa shape index (κ2) is 6.84. The Labute approximate surface area is 122 Å². The number of nitrogen functional groups attached to an aromatic ring is 1. The standard InChI is InChI=1S/C8H11N7OS3/c1-3-16-5-10-4(13-9)11-6(12-5)18-8-15-14-7(17-2)19-8/h3,9H2,1-2H3,(H,10,11,12,13). The predicted octanol–water partition coefficient (Wildman–Crippen LogP) is 1.28. The van der Waals surface area contributed by atoms with E-state index in [0.29, 0.717) is 11.8 Å². The lowest BCUT2D eigenvalue weighted by Crippen LogP contribution is -2.12. The summed E-state index contributed by atoms with van der Waals surface area (Å²) in [6.07, 6.45) is 1.95. The third-order valence-electron chi connectivity index (χ3n) is 1.74. The fourth-order valence-corrected chi connectivity index (χ4v) is 3.33. The van der Waals surface area contributed by atoms with Crippen molar-refractivity contribution in [2.24, 2.45) is 5.84 Å². The minimum atomic E-state index is 0.225. The van der Waals surface area contributed by atoms with Crippen molar-refractivity contribution in [2.75, 3.05) is 18.3 Å². The van der Waals surface area contributed by atoms with Crippen molar-refractivity contribution < 1.29 is 4.74 Å². The van der Waals surface area contributed by atoms with Crippen molar-refractivity contribution in [1.82, 2.24) is 25.1 Å². The zero-order chi connectivity index (χ0) is 13.7. The van der Waals surface area contributed by atoms with Crippen molar-refractivity contribution in [2.45, 2.75) is 20.8 Å². The molecule has 11 heteroatoms. The number of ether oxygens (including phenoxy) is 1. The van der Waals surface area contributed by atoms with Gasteiger partial charge in [-0.25, -0.2) is 5.84 Å². The summed E-state index contributed by atoms with van der Waals surface area (Å²) in [5, 5.41) is 8.49. The van der Waals surface area contributed by atoms with Crippen LogP contribution in [0.5, 0.6) is 6.01 Å². The number of thioether (sulfide) groups is 1. The zero-order valence-corrected chi connectivity index (χ0v) is 12.6. The van der Waals surface area contributed by atoms with E-state index >= 15 is 0 Å². The molecule has 0 aliphatic carbocycles. The number of hydrogen-bond donors (Lipinski definition) is 2. The third-order valence-corrected chi connectivity index (χ3v) is 4.55. The maximum absolute atomic E-state index is 5.31. The van der Waals surface area contributed by atoms with Gasteiger partial charge in [-0.1, -0.05) is 23.1 Å². The van der Waals surface area contributed by atoms with Gasteiger partial charge in [0.25, 0.3) is 0 Å². The Balaban J connectivity index is 2.20. The number of nitrogens with two attached hydrogens (primary N) is 1. The molecule has 0 saturated heterocycles. The van der Waals surface area contributed by atoms with E-state index in [0.717, 1.165) is 8.68 Å². The molecule has 102 valence electrons. The maximum atomic E-state index is 5.31. The van der Waals surface area contributed by atoms with Crippen molar-refractivity contribution in [3.05, 3.63) is 0 Å². The van der Waals surface area contributed by atoms with Crippen LogP contribution in [0.4, 0.5) is 5.95 Å². The highest BCUT2D eigenvalue weighted by molar-refractivity contribution is 8.02. The van der Waals surface area contributed by atoms with Crippen LogP contribution in [-0.2, 0) is 0 Å². The Kier molecular flexibility index (Phi) is 5.13. The van der Waals surface area contributed by atoms with Crippen LogP contribution in [0.25, 0.3) is 0 Å². The van der Waals surface area contributed by atoms with Gasteiger partial charge < -0.3 is 4.74 Å². The number of rotatable bonds is 6. The Bertz CT molecular complexity index is 549. The highest BCUT2D eigenvalue weighted by Crippen LogP contribution is 2.31. The van der Waals surface area contributed by atoms with Crippen LogP contribution < -0.4 is 16.0 Å². The lowest BCUT2D eigenvalue weighted by Gasteiger charge is -2.04. The molecule has 0 fully saturated rings. The smallest absolute Gasteiger partial charge is 0.322 e. The number of nitrogens with one attached hydrogen (secondary N) is 1. The number of nitrogens with zero attached hydrogens (tertiary/aromatic N) is 5. The summed E-state index contributed by atoms with van der Waals surface area (Å²) in [6, 6.07) is 0.225. The quantitative estimate of drug-likeness (QED) is 0.459. The highest BCUT2D eigenvalue weighted by Gasteiger charge is 2.11. The lowest BCUT2D eigenvalue weighted by atomic mass is 10.8. The predicted molar refractivity (Wildman–Crippen MR) is 74.6 cm³/mol. The average Bonchev–Trinajstić information content (AvgIpc) is 2.86. The van der Waals surface area contributed by atoms with Gasteiger partial charge in [-0.3, -0.25) is 5.43 Å². The van der Waals surface area contributed by atoms with Gasteiger partial charge in [-0.05, 0) is 24.9 Å². The van der Waals surface area contributed by atoms with Gasteiger partial charge in [0.05, 0.1) is 6.61 Å². The molecule has 0 aromatic carbocycles. The normalized spacial score (nSPS) is 10.5. The molecule has 2 rings (SSSR count). The first-order valence-electron chi connectivity index (χ1n) is 5.16. The highest BCUT2D eigenvalue weighted by atomic mass is 32.2. The average molecular weight is 317 g/mol. The second-order valence-corrected chi connectivity index (χ2v) is 6.19. The zero-order valence-electron chi connectivity index (χ0n) is 10.2. The van der Waals surface area contributed by atoms with Crippen LogP contribution in [0.2, 0.25) is 0 Å². The Morgan fingerprint density at radius 3 is 2.68 bits per heavy atom. The molecule has 0 bridgehead atoms. The molecule has 2 heterocycles. The first-order chi connectivity index (χ1) is 9.25. The summed E-state index contributed by atoms with van der Waals surface area (Å²) in [5.41, 5.74) is 2.38. The van der Waals surface area contributed by atoms with Crippen molar-refractivity contribution in [1.29, 1.82) is 0 Å². The number of anilines is 1. The van der Waals surface area contributed by atoms with Crippen LogP contribution >= 0.6 is 34.9 Å². The number of hydrogen-bond acceptors (Lipinski definition) is 11. The monoisotopic (exact) mass is 317 g/mol. The minimum absolute atomic E-state index is 0.225. The first kappa shape index (κ1) is 14.2. The van der Waals surface area contributed by atoms with Gasteiger partial charge in [0.1, 0.15) is 0 Å². The van der Waals surface area contributed by atoms with E-state index in [1.54, 1.807) is 11.8 Å². The van der Waals surface area contributed by atoms with Crippen LogP contribution in [0, 0.1) is 0 Å². The van der Waals surface area contributed by atoms with Crippen LogP contribution in [0.3, 0.4) is 0 Å². The fraction of sp³-hybridized carbons (Fsp3) is 0.375. The van der Waals surface area contributed by atoms with E-state index < -0.39 is 0 Å². The molecule has 0 aliphatic heterocycles. The largest absolute Gasteiger partial charge is 0.464 e. The maximum Gasteiger partial charge on any atom is 0.322 e. The van der Waals surface area contributed by atoms with Gasteiger partial charge in [0.15, 0.2) is 8.68 Å². The van der Waals surface area contributed by atoms with Crippen LogP contribution in [0.15, 0.2) is 13.8 Å². The lowest BCUT2D eigenvalue weighted by molar-refractivity contribution is 0.308. The van der Waals surface area contributed by atoms with Gasteiger partial charge >= 0.3 is 6.01 Å². The summed E-state index contributed by atoms with van der Waals surface area (Å²) in [4.78, 5) is 12.3. The van der Waals surface area contributed by atoms with Gasteiger partial charge in [-0.15, -0.1) is 10.2 Å². The van der Waals surface area contributed by atoms with E-state index in [1.807, 2.05) is 13.2 Å². The molecule has 0 radical (unpaired) electrons. The molecule has 0 aliphatic rings. The van der Waals surface area contributed by atoms with E-state index in [4.69, 9.17) is 10.6 Å². The molecule has 2 aromatic rings. The number of hydrazine groups is 1. The van der Waals surface area contributed by atoms with Gasteiger partial charge in [-0.2, -0.15) is 15.0 Å². The Morgan fingerprint density at radius 2 is 2.05 bits per heavy atom. The third kappa shape index (κ3) is 3.89. The molecule has 0 saturated carbocycles. The van der Waals surface area contributed by atoms with E-state index in [9.17, 15) is 0 Å². The SMILES string of the molecule is CCOc1nc(NN)nc(Sc2nnc(SC)s2)n1. The molecule has 0 amide bonds. The molecule has 0 spiro atoms. The molecule has 8 nitrogen and oxygen atoms in total. The first-order valence-corrected chi connectivity index (χ1v) is 8.01. The topological polar surface area (TPSA) is 112 Å². The molecular weight excluding hydrogens is 306 g/mol. The summed E-state index contributed by atoms with van der Waals surface area (Å²) in [6.45, 7) is 2.31. The van der Waals surface area contributed by atoms with E-state index in [1.165, 1.54) is 23.1 Å². The summed E-state index contributed by atoms with van der Waals surface area (Å²) in [7, 11) is 0. The minimum Gasteiger partial charge on any atom is -0.464 e. The fourth-order valence-electron chi connectivity index (χ4n) is 1.04. The van der Waals surface area contributed by atoms with Crippen molar-refractivity contribution >= 4 is 40.8 Å². The number of aromatic nitrogens is 5. The molecular formula is C8H11N7OS3. The Morgan fingerprint density at radius 1 is 1.26 bits per heavy atom. The molecule has 19 heavy (non-hydrogen) atoms. The van der Waals surface area contributed by atoms with E-state index in [2.05, 4.69) is 30.6 Å². The summed E-state index contributed by atoms with van der Waals surface area (Å²) in [5.74, 6) is 5.55. The molecule has 3 N–H and O–H groups in total. The van der Waals surface area contributed by atoms with Crippen molar-refractivity contribution in [3.8, 4) is 6.01 Å². The Hall–Kier alpha value is -1.17. The summed E-state index contributed by atoms with van der Waals surface area (Å²) >= 11 is 4.30. The van der Waals surface area contributed by atoms with Crippen molar-refractivity contribution in [3.63, 3.8) is 0 Å². The van der Waals surface area contributed by atoms with Gasteiger partial charge in [0.2, 0.25) is 11.1 Å². The van der Waals surface area contributed by atoms with E-state index in [-0.39, 0.29) is 12.0 Å². The molecule has 0 atom stereocenters. The van der Waals surface area contributed by atoms with Gasteiger partial charge in [0, 0.05) is 0 Å². The molecule has 0 unspecified atom stereocenters.